The van der Waals surface area contributed by atoms with Gasteiger partial charge in [-0.2, -0.15) is 5.26 Å². The van der Waals surface area contributed by atoms with Crippen molar-refractivity contribution in [2.75, 3.05) is 13.1 Å². The zero-order valence-electron chi connectivity index (χ0n) is 10.3. The van der Waals surface area contributed by atoms with Crippen molar-refractivity contribution in [3.63, 3.8) is 0 Å². The van der Waals surface area contributed by atoms with Crippen molar-refractivity contribution < 1.29 is 0 Å². The maximum absolute atomic E-state index is 8.71. The molecule has 2 heterocycles. The number of piperidine rings is 1. The fraction of sp³-hybridized carbons (Fsp3) is 0.571. The molecule has 3 nitrogen and oxygen atoms in total. The van der Waals surface area contributed by atoms with Crippen molar-refractivity contribution in [2.45, 2.75) is 38.1 Å². The van der Waals surface area contributed by atoms with Crippen molar-refractivity contribution in [1.29, 1.82) is 5.26 Å². The molecule has 1 atom stereocenters. The van der Waals surface area contributed by atoms with Crippen molar-refractivity contribution in [1.82, 2.24) is 9.88 Å². The largest absolute Gasteiger partial charge is 0.300 e. The van der Waals surface area contributed by atoms with Crippen LogP contribution in [-0.2, 0) is 0 Å². The second-order valence-electron chi connectivity index (χ2n) is 4.78. The van der Waals surface area contributed by atoms with Crippen LogP contribution in [0.25, 0.3) is 0 Å². The number of nitrogens with zero attached hydrogens (tertiary/aromatic N) is 3. The standard InChI is InChI=1S/C14H19N3/c1-12(5-8-15)17-10-6-13(7-11-17)14-4-2-3-9-16-14/h2-4,9,12-13H,5-7,10-11H2,1H3. The molecule has 0 amide bonds. The summed E-state index contributed by atoms with van der Waals surface area (Å²) in [5.74, 6) is 0.599. The Morgan fingerprint density at radius 1 is 1.47 bits per heavy atom. The van der Waals surface area contributed by atoms with Crippen molar-refractivity contribution in [3.8, 4) is 6.07 Å². The van der Waals surface area contributed by atoms with Crippen LogP contribution in [0.2, 0.25) is 0 Å². The van der Waals surface area contributed by atoms with Crippen LogP contribution in [0.3, 0.4) is 0 Å². The first kappa shape index (κ1) is 12.1. The van der Waals surface area contributed by atoms with Gasteiger partial charge >= 0.3 is 0 Å². The summed E-state index contributed by atoms with van der Waals surface area (Å²) in [5.41, 5.74) is 1.22. The smallest absolute Gasteiger partial charge is 0.0638 e. The van der Waals surface area contributed by atoms with Crippen LogP contribution in [0.1, 0.15) is 37.8 Å². The third kappa shape index (κ3) is 3.04. The molecule has 3 heteroatoms. The van der Waals surface area contributed by atoms with E-state index in [1.807, 2.05) is 12.3 Å². The van der Waals surface area contributed by atoms with E-state index in [0.717, 1.165) is 25.9 Å². The van der Waals surface area contributed by atoms with Gasteiger partial charge in [0, 0.05) is 23.9 Å². The van der Waals surface area contributed by atoms with Crippen LogP contribution in [0, 0.1) is 11.3 Å². The normalized spacial score (nSPS) is 19.8. The minimum absolute atomic E-state index is 0.393. The van der Waals surface area contributed by atoms with Gasteiger partial charge in [0.1, 0.15) is 0 Å². The Balaban J connectivity index is 1.89. The molecule has 1 saturated heterocycles. The molecule has 0 aliphatic carbocycles. The third-order valence-corrected chi connectivity index (χ3v) is 3.65. The van der Waals surface area contributed by atoms with Gasteiger partial charge < -0.3 is 0 Å². The fourth-order valence-corrected chi connectivity index (χ4v) is 2.51. The molecule has 0 bridgehead atoms. The molecule has 1 aliphatic rings. The van der Waals surface area contributed by atoms with Crippen LogP contribution >= 0.6 is 0 Å². The molecule has 2 rings (SSSR count). The van der Waals surface area contributed by atoms with Gasteiger partial charge in [-0.15, -0.1) is 0 Å². The molecule has 0 N–H and O–H groups in total. The summed E-state index contributed by atoms with van der Waals surface area (Å²) in [6, 6.07) is 8.80. The molecule has 0 spiro atoms. The monoisotopic (exact) mass is 229 g/mol. The topological polar surface area (TPSA) is 39.9 Å². The highest BCUT2D eigenvalue weighted by Crippen LogP contribution is 2.27. The Hall–Kier alpha value is -1.40. The number of likely N-dealkylation sites (tertiary alicyclic amines) is 1. The highest BCUT2D eigenvalue weighted by Gasteiger charge is 2.23. The van der Waals surface area contributed by atoms with Crippen LogP contribution in [0.15, 0.2) is 24.4 Å². The number of rotatable bonds is 3. The van der Waals surface area contributed by atoms with E-state index in [1.165, 1.54) is 5.69 Å². The summed E-state index contributed by atoms with van der Waals surface area (Å²) in [5, 5.41) is 8.71. The first-order valence-corrected chi connectivity index (χ1v) is 6.33. The summed E-state index contributed by atoms with van der Waals surface area (Å²) in [6.07, 6.45) is 4.83. The second-order valence-corrected chi connectivity index (χ2v) is 4.78. The van der Waals surface area contributed by atoms with E-state index in [1.54, 1.807) is 0 Å². The Bertz CT molecular complexity index is 374. The number of nitriles is 1. The molecular weight excluding hydrogens is 210 g/mol. The molecule has 90 valence electrons. The van der Waals surface area contributed by atoms with Crippen LogP contribution in [-0.4, -0.2) is 29.0 Å². The summed E-state index contributed by atoms with van der Waals surface area (Å²) >= 11 is 0. The Labute approximate surface area is 103 Å². The molecule has 1 unspecified atom stereocenters. The number of pyridine rings is 1. The predicted molar refractivity (Wildman–Crippen MR) is 67.5 cm³/mol. The minimum Gasteiger partial charge on any atom is -0.300 e. The quantitative estimate of drug-likeness (QED) is 0.799. The molecule has 1 aromatic heterocycles. The molecule has 0 saturated carbocycles. The Morgan fingerprint density at radius 2 is 2.24 bits per heavy atom. The zero-order valence-corrected chi connectivity index (χ0v) is 10.3. The maximum atomic E-state index is 8.71. The fourth-order valence-electron chi connectivity index (χ4n) is 2.51. The van der Waals surface area contributed by atoms with Crippen LogP contribution in [0.5, 0.6) is 0 Å². The molecule has 1 aliphatic heterocycles. The average Bonchev–Trinajstić information content (AvgIpc) is 2.40. The highest BCUT2D eigenvalue weighted by molar-refractivity contribution is 5.10. The van der Waals surface area contributed by atoms with Gasteiger partial charge in [-0.3, -0.25) is 9.88 Å². The first-order valence-electron chi connectivity index (χ1n) is 6.33. The van der Waals surface area contributed by atoms with Crippen LogP contribution in [0.4, 0.5) is 0 Å². The highest BCUT2D eigenvalue weighted by atomic mass is 15.2. The van der Waals surface area contributed by atoms with E-state index >= 15 is 0 Å². The lowest BCUT2D eigenvalue weighted by molar-refractivity contribution is 0.162. The van der Waals surface area contributed by atoms with Gasteiger partial charge in [-0.25, -0.2) is 0 Å². The zero-order chi connectivity index (χ0) is 12.1. The van der Waals surface area contributed by atoms with E-state index in [2.05, 4.69) is 35.0 Å². The van der Waals surface area contributed by atoms with Crippen molar-refractivity contribution in [2.24, 2.45) is 0 Å². The van der Waals surface area contributed by atoms with Gasteiger partial charge in [0.05, 0.1) is 12.5 Å². The third-order valence-electron chi connectivity index (χ3n) is 3.65. The van der Waals surface area contributed by atoms with Crippen LogP contribution < -0.4 is 0 Å². The molecule has 1 fully saturated rings. The number of hydrogen-bond acceptors (Lipinski definition) is 3. The second kappa shape index (κ2) is 5.79. The molecule has 0 radical (unpaired) electrons. The summed E-state index contributed by atoms with van der Waals surface area (Å²) in [6.45, 7) is 4.32. The predicted octanol–water partition coefficient (Wildman–Crippen LogP) is 2.56. The lowest BCUT2D eigenvalue weighted by Gasteiger charge is -2.35. The molecule has 17 heavy (non-hydrogen) atoms. The molecule has 0 aromatic carbocycles. The lowest BCUT2D eigenvalue weighted by Crippen LogP contribution is -2.39. The van der Waals surface area contributed by atoms with Gasteiger partial charge in [0.2, 0.25) is 0 Å². The van der Waals surface area contributed by atoms with Crippen molar-refractivity contribution >= 4 is 0 Å². The van der Waals surface area contributed by atoms with E-state index in [-0.39, 0.29) is 0 Å². The van der Waals surface area contributed by atoms with E-state index in [0.29, 0.717) is 18.4 Å². The van der Waals surface area contributed by atoms with Gasteiger partial charge in [-0.1, -0.05) is 6.07 Å². The SMILES string of the molecule is CC(CC#N)N1CCC(c2ccccn2)CC1. The summed E-state index contributed by atoms with van der Waals surface area (Å²) in [7, 11) is 0. The maximum Gasteiger partial charge on any atom is 0.0638 e. The first-order chi connectivity index (χ1) is 8.31. The van der Waals surface area contributed by atoms with Gasteiger partial charge in [0.15, 0.2) is 0 Å². The summed E-state index contributed by atoms with van der Waals surface area (Å²) in [4.78, 5) is 6.86. The number of hydrogen-bond donors (Lipinski definition) is 0. The van der Waals surface area contributed by atoms with E-state index in [4.69, 9.17) is 5.26 Å². The summed E-state index contributed by atoms with van der Waals surface area (Å²) < 4.78 is 0. The molecule has 1 aromatic rings. The Kier molecular flexibility index (Phi) is 4.11. The van der Waals surface area contributed by atoms with E-state index in [9.17, 15) is 0 Å². The molecular formula is C14H19N3. The van der Waals surface area contributed by atoms with Gasteiger partial charge in [0.25, 0.3) is 0 Å². The average molecular weight is 229 g/mol. The van der Waals surface area contributed by atoms with Gasteiger partial charge in [-0.05, 0) is 45.0 Å². The van der Waals surface area contributed by atoms with Crippen molar-refractivity contribution in [3.05, 3.63) is 30.1 Å². The number of aromatic nitrogens is 1. The minimum atomic E-state index is 0.393. The lowest BCUT2D eigenvalue weighted by atomic mass is 9.92. The Morgan fingerprint density at radius 3 is 2.82 bits per heavy atom. The van der Waals surface area contributed by atoms with E-state index < -0.39 is 0 Å².